The molecule has 1 amide bonds. The highest BCUT2D eigenvalue weighted by atomic mass is 16.5. The van der Waals surface area contributed by atoms with Crippen molar-refractivity contribution in [2.24, 2.45) is 0 Å². The Balaban J connectivity index is 1.65. The van der Waals surface area contributed by atoms with E-state index in [9.17, 15) is 4.79 Å². The van der Waals surface area contributed by atoms with E-state index < -0.39 is 0 Å². The molecule has 0 spiro atoms. The van der Waals surface area contributed by atoms with Gasteiger partial charge in [0.25, 0.3) is 5.91 Å². The van der Waals surface area contributed by atoms with Gasteiger partial charge in [-0.3, -0.25) is 4.79 Å². The summed E-state index contributed by atoms with van der Waals surface area (Å²) in [5, 5.41) is 2.88. The minimum atomic E-state index is -0.192. The van der Waals surface area contributed by atoms with Crippen molar-refractivity contribution in [1.82, 2.24) is 15.3 Å². The van der Waals surface area contributed by atoms with Gasteiger partial charge in [0.2, 0.25) is 5.95 Å². The zero-order valence-electron chi connectivity index (χ0n) is 14.5. The fourth-order valence-corrected chi connectivity index (χ4v) is 2.80. The summed E-state index contributed by atoms with van der Waals surface area (Å²) in [6.45, 7) is 2.32. The second kappa shape index (κ2) is 7.83. The molecule has 1 saturated heterocycles. The minimum Gasteiger partial charge on any atom is -0.493 e. The van der Waals surface area contributed by atoms with Gasteiger partial charge in [0, 0.05) is 24.8 Å². The number of nitrogens with one attached hydrogen (secondary N) is 1. The number of anilines is 1. The highest BCUT2D eigenvalue weighted by molar-refractivity contribution is 5.94. The molecule has 2 aromatic rings. The number of amides is 1. The highest BCUT2D eigenvalue weighted by Gasteiger charge is 2.15. The molecule has 7 heteroatoms. The minimum absolute atomic E-state index is 0.192. The number of carbonyl (C=O) groups excluding carboxylic acids is 1. The van der Waals surface area contributed by atoms with Crippen molar-refractivity contribution in [1.29, 1.82) is 0 Å². The van der Waals surface area contributed by atoms with Crippen molar-refractivity contribution in [2.75, 3.05) is 32.2 Å². The van der Waals surface area contributed by atoms with Crippen LogP contribution >= 0.6 is 0 Å². The lowest BCUT2D eigenvalue weighted by atomic mass is 10.2. The standard InChI is InChI=1S/C18H22N4O3/c1-24-15-6-5-13(11-16(15)25-2)17(23)20-12-14-7-8-19-18(21-14)22-9-3-4-10-22/h5-8,11H,3-4,9-10,12H2,1-2H3,(H,20,23). The van der Waals surface area contributed by atoms with Crippen LogP contribution in [0.25, 0.3) is 0 Å². The average molecular weight is 342 g/mol. The summed E-state index contributed by atoms with van der Waals surface area (Å²) in [6, 6.07) is 6.88. The van der Waals surface area contributed by atoms with Gasteiger partial charge in [0.1, 0.15) is 0 Å². The van der Waals surface area contributed by atoms with Crippen LogP contribution in [0.4, 0.5) is 5.95 Å². The Kier molecular flexibility index (Phi) is 5.33. The molecule has 1 aromatic carbocycles. The smallest absolute Gasteiger partial charge is 0.251 e. The average Bonchev–Trinajstić information content (AvgIpc) is 3.20. The fraction of sp³-hybridized carbons (Fsp3) is 0.389. The quantitative estimate of drug-likeness (QED) is 0.865. The third-order valence-electron chi connectivity index (χ3n) is 4.17. The zero-order chi connectivity index (χ0) is 17.6. The lowest BCUT2D eigenvalue weighted by Crippen LogP contribution is -2.25. The van der Waals surface area contributed by atoms with Gasteiger partial charge in [-0.1, -0.05) is 0 Å². The van der Waals surface area contributed by atoms with Gasteiger partial charge in [0.05, 0.1) is 26.5 Å². The third kappa shape index (κ3) is 3.99. The summed E-state index contributed by atoms with van der Waals surface area (Å²) in [6.07, 6.45) is 4.08. The molecule has 3 rings (SSSR count). The molecule has 1 fully saturated rings. The van der Waals surface area contributed by atoms with Crippen molar-refractivity contribution in [3.05, 3.63) is 41.7 Å². The maximum Gasteiger partial charge on any atom is 0.251 e. The Labute approximate surface area is 147 Å². The van der Waals surface area contributed by atoms with Crippen molar-refractivity contribution in [2.45, 2.75) is 19.4 Å². The molecule has 1 aliphatic rings. The Morgan fingerprint density at radius 3 is 2.64 bits per heavy atom. The summed E-state index contributed by atoms with van der Waals surface area (Å²) >= 11 is 0. The van der Waals surface area contributed by atoms with Crippen LogP contribution in [-0.4, -0.2) is 43.2 Å². The van der Waals surface area contributed by atoms with E-state index in [4.69, 9.17) is 9.47 Å². The van der Waals surface area contributed by atoms with Crippen LogP contribution in [0.5, 0.6) is 11.5 Å². The van der Waals surface area contributed by atoms with Crippen LogP contribution in [0.2, 0.25) is 0 Å². The van der Waals surface area contributed by atoms with E-state index in [1.54, 1.807) is 38.6 Å². The maximum atomic E-state index is 12.4. The topological polar surface area (TPSA) is 76.6 Å². The molecule has 132 valence electrons. The Morgan fingerprint density at radius 1 is 1.16 bits per heavy atom. The molecule has 0 atom stereocenters. The van der Waals surface area contributed by atoms with E-state index in [2.05, 4.69) is 20.2 Å². The van der Waals surface area contributed by atoms with E-state index in [0.29, 0.717) is 23.6 Å². The molecule has 0 radical (unpaired) electrons. The molecule has 25 heavy (non-hydrogen) atoms. The molecule has 2 heterocycles. The van der Waals surface area contributed by atoms with E-state index in [1.807, 2.05) is 6.07 Å². The molecule has 1 aliphatic heterocycles. The molecular formula is C18H22N4O3. The van der Waals surface area contributed by atoms with Crippen molar-refractivity contribution < 1.29 is 14.3 Å². The van der Waals surface area contributed by atoms with Gasteiger partial charge in [-0.05, 0) is 37.1 Å². The van der Waals surface area contributed by atoms with Gasteiger partial charge in [-0.25, -0.2) is 9.97 Å². The number of ether oxygens (including phenoxy) is 2. The van der Waals surface area contributed by atoms with Gasteiger partial charge in [-0.15, -0.1) is 0 Å². The molecule has 1 aromatic heterocycles. The summed E-state index contributed by atoms with van der Waals surface area (Å²) in [7, 11) is 3.10. The zero-order valence-corrected chi connectivity index (χ0v) is 14.5. The third-order valence-corrected chi connectivity index (χ3v) is 4.17. The molecule has 0 bridgehead atoms. The van der Waals surface area contributed by atoms with E-state index in [-0.39, 0.29) is 5.91 Å². The second-order valence-corrected chi connectivity index (χ2v) is 5.79. The van der Waals surface area contributed by atoms with E-state index in [1.165, 1.54) is 12.8 Å². The first-order valence-electron chi connectivity index (χ1n) is 8.28. The lowest BCUT2D eigenvalue weighted by Gasteiger charge is -2.15. The number of hydrogen-bond acceptors (Lipinski definition) is 6. The number of benzene rings is 1. The largest absolute Gasteiger partial charge is 0.493 e. The number of rotatable bonds is 6. The summed E-state index contributed by atoms with van der Waals surface area (Å²) in [4.78, 5) is 23.4. The summed E-state index contributed by atoms with van der Waals surface area (Å²) < 4.78 is 10.4. The molecule has 0 aliphatic carbocycles. The first-order chi connectivity index (χ1) is 12.2. The lowest BCUT2D eigenvalue weighted by molar-refractivity contribution is 0.0950. The summed E-state index contributed by atoms with van der Waals surface area (Å²) in [5.74, 6) is 1.65. The number of methoxy groups -OCH3 is 2. The Hall–Kier alpha value is -2.83. The van der Waals surface area contributed by atoms with Crippen LogP contribution in [0, 0.1) is 0 Å². The van der Waals surface area contributed by atoms with Crippen LogP contribution in [0.15, 0.2) is 30.5 Å². The van der Waals surface area contributed by atoms with Gasteiger partial charge >= 0.3 is 0 Å². The molecular weight excluding hydrogens is 320 g/mol. The van der Waals surface area contributed by atoms with E-state index >= 15 is 0 Å². The number of nitrogens with zero attached hydrogens (tertiary/aromatic N) is 3. The van der Waals surface area contributed by atoms with Gasteiger partial charge < -0.3 is 19.7 Å². The number of hydrogen-bond donors (Lipinski definition) is 1. The first kappa shape index (κ1) is 17.0. The van der Waals surface area contributed by atoms with Crippen molar-refractivity contribution in [3.8, 4) is 11.5 Å². The molecule has 1 N–H and O–H groups in total. The van der Waals surface area contributed by atoms with Crippen LogP contribution in [0.3, 0.4) is 0 Å². The number of aromatic nitrogens is 2. The number of carbonyl (C=O) groups is 1. The predicted octanol–water partition coefficient (Wildman–Crippen LogP) is 2.02. The van der Waals surface area contributed by atoms with Crippen LogP contribution in [-0.2, 0) is 6.54 Å². The highest BCUT2D eigenvalue weighted by Crippen LogP contribution is 2.27. The molecule has 0 saturated carbocycles. The summed E-state index contributed by atoms with van der Waals surface area (Å²) in [5.41, 5.74) is 1.29. The molecule has 0 unspecified atom stereocenters. The second-order valence-electron chi connectivity index (χ2n) is 5.79. The van der Waals surface area contributed by atoms with Gasteiger partial charge in [-0.2, -0.15) is 0 Å². The monoisotopic (exact) mass is 342 g/mol. The van der Waals surface area contributed by atoms with Gasteiger partial charge in [0.15, 0.2) is 11.5 Å². The van der Waals surface area contributed by atoms with Crippen LogP contribution in [0.1, 0.15) is 28.9 Å². The predicted molar refractivity (Wildman–Crippen MR) is 94.2 cm³/mol. The Morgan fingerprint density at radius 2 is 1.92 bits per heavy atom. The van der Waals surface area contributed by atoms with Crippen molar-refractivity contribution >= 4 is 11.9 Å². The van der Waals surface area contributed by atoms with Crippen molar-refractivity contribution in [3.63, 3.8) is 0 Å². The SMILES string of the molecule is COc1ccc(C(=O)NCc2ccnc(N3CCCC3)n2)cc1OC. The van der Waals surface area contributed by atoms with E-state index in [0.717, 1.165) is 24.7 Å². The fourth-order valence-electron chi connectivity index (χ4n) is 2.80. The Bertz CT molecular complexity index is 745. The molecule has 7 nitrogen and oxygen atoms in total. The first-order valence-corrected chi connectivity index (χ1v) is 8.28. The normalized spacial score (nSPS) is 13.6. The van der Waals surface area contributed by atoms with Crippen LogP contribution < -0.4 is 19.7 Å². The maximum absolute atomic E-state index is 12.4.